The van der Waals surface area contributed by atoms with Crippen LogP contribution in [0.3, 0.4) is 0 Å². The molecule has 27 heavy (non-hydrogen) atoms. The molecule has 0 aliphatic rings. The first kappa shape index (κ1) is 17.0. The van der Waals surface area contributed by atoms with Crippen molar-refractivity contribution in [3.05, 3.63) is 59.5 Å². The predicted molar refractivity (Wildman–Crippen MR) is 101 cm³/mol. The summed E-state index contributed by atoms with van der Waals surface area (Å²) in [4.78, 5) is 17.1. The highest BCUT2D eigenvalue weighted by molar-refractivity contribution is 5.90. The largest absolute Gasteiger partial charge is 0.464 e. The first-order valence-electron chi connectivity index (χ1n) is 8.54. The van der Waals surface area contributed by atoms with E-state index in [2.05, 4.69) is 10.2 Å². The Morgan fingerprint density at radius 2 is 1.78 bits per heavy atom. The molecule has 136 valence electrons. The lowest BCUT2D eigenvalue weighted by Crippen LogP contribution is -2.11. The number of fused-ring (bicyclic) bond motifs is 1. The molecule has 0 aliphatic carbocycles. The molecule has 4 aromatic rings. The summed E-state index contributed by atoms with van der Waals surface area (Å²) in [7, 11) is 3.24. The molecule has 3 aromatic heterocycles. The van der Waals surface area contributed by atoms with Gasteiger partial charge >= 0.3 is 5.97 Å². The van der Waals surface area contributed by atoms with Gasteiger partial charge < -0.3 is 4.74 Å². The molecule has 0 fully saturated rings. The molecule has 1 aromatic carbocycles. The zero-order chi connectivity index (χ0) is 19.1. The molecule has 7 nitrogen and oxygen atoms in total. The minimum atomic E-state index is -0.467. The van der Waals surface area contributed by atoms with Crippen LogP contribution in [0, 0.1) is 13.8 Å². The zero-order valence-corrected chi connectivity index (χ0v) is 15.6. The van der Waals surface area contributed by atoms with Crippen LogP contribution in [-0.2, 0) is 11.8 Å². The predicted octanol–water partition coefficient (Wildman–Crippen LogP) is 3.20. The Kier molecular flexibility index (Phi) is 3.99. The number of methoxy groups -OCH3 is 1. The SMILES string of the molecule is COC(=O)c1cc(-c2c(C)nn(C)c2C)nc2cc(-c3ccccc3)nn12. The van der Waals surface area contributed by atoms with Crippen molar-refractivity contribution in [2.75, 3.05) is 7.11 Å². The number of aryl methyl sites for hydroxylation is 2. The normalized spacial score (nSPS) is 11.1. The van der Waals surface area contributed by atoms with Crippen LogP contribution in [0.5, 0.6) is 0 Å². The number of carbonyl (C=O) groups excluding carboxylic acids is 1. The Hall–Kier alpha value is -3.48. The third kappa shape index (κ3) is 2.77. The second kappa shape index (κ2) is 6.35. The van der Waals surface area contributed by atoms with Crippen molar-refractivity contribution < 1.29 is 9.53 Å². The Bertz CT molecular complexity index is 1160. The van der Waals surface area contributed by atoms with Gasteiger partial charge in [-0.25, -0.2) is 14.3 Å². The lowest BCUT2D eigenvalue weighted by Gasteiger charge is -2.07. The molecule has 7 heteroatoms. The van der Waals surface area contributed by atoms with Crippen LogP contribution in [-0.4, -0.2) is 37.5 Å². The molecule has 0 saturated heterocycles. The average molecular weight is 361 g/mol. The average Bonchev–Trinajstić information content (AvgIpc) is 3.21. The van der Waals surface area contributed by atoms with Gasteiger partial charge in [-0.2, -0.15) is 10.2 Å². The Labute approximate surface area is 156 Å². The first-order valence-corrected chi connectivity index (χ1v) is 8.54. The second-order valence-electron chi connectivity index (χ2n) is 6.35. The summed E-state index contributed by atoms with van der Waals surface area (Å²) in [5.41, 5.74) is 6.00. The number of carbonyl (C=O) groups is 1. The van der Waals surface area contributed by atoms with Gasteiger partial charge in [0.25, 0.3) is 0 Å². The molecular formula is C20H19N5O2. The van der Waals surface area contributed by atoms with Gasteiger partial charge in [-0.1, -0.05) is 30.3 Å². The summed E-state index contributed by atoms with van der Waals surface area (Å²) in [5, 5.41) is 9.02. The number of nitrogens with zero attached hydrogens (tertiary/aromatic N) is 5. The number of hydrogen-bond donors (Lipinski definition) is 0. The summed E-state index contributed by atoms with van der Waals surface area (Å²) < 4.78 is 8.30. The maximum absolute atomic E-state index is 12.4. The topological polar surface area (TPSA) is 74.3 Å². The van der Waals surface area contributed by atoms with Gasteiger partial charge in [-0.15, -0.1) is 0 Å². The van der Waals surface area contributed by atoms with E-state index in [1.54, 1.807) is 10.7 Å². The van der Waals surface area contributed by atoms with Crippen molar-refractivity contribution in [1.82, 2.24) is 24.4 Å². The fraction of sp³-hybridized carbons (Fsp3) is 0.200. The highest BCUT2D eigenvalue weighted by Gasteiger charge is 2.20. The maximum Gasteiger partial charge on any atom is 0.356 e. The van der Waals surface area contributed by atoms with Gasteiger partial charge in [0.1, 0.15) is 0 Å². The standard InChI is InChI=1S/C20H19N5O2/c1-12-19(13(2)24(3)22-12)16-10-17(20(26)27-4)25-18(21-16)11-15(23-25)14-8-6-5-7-9-14/h5-11H,1-4H3. The van der Waals surface area contributed by atoms with Crippen LogP contribution in [0.15, 0.2) is 42.5 Å². The minimum Gasteiger partial charge on any atom is -0.464 e. The van der Waals surface area contributed by atoms with Crippen LogP contribution in [0.25, 0.3) is 28.2 Å². The molecule has 0 atom stereocenters. The molecule has 4 rings (SSSR count). The molecule has 0 spiro atoms. The summed E-state index contributed by atoms with van der Waals surface area (Å²) in [6.07, 6.45) is 0. The lowest BCUT2D eigenvalue weighted by atomic mass is 10.1. The smallest absolute Gasteiger partial charge is 0.356 e. The molecule has 0 amide bonds. The van der Waals surface area contributed by atoms with Crippen LogP contribution in [0.1, 0.15) is 21.9 Å². The summed E-state index contributed by atoms with van der Waals surface area (Å²) in [6.45, 7) is 3.91. The maximum atomic E-state index is 12.4. The number of esters is 1. The van der Waals surface area contributed by atoms with E-state index >= 15 is 0 Å². The highest BCUT2D eigenvalue weighted by Crippen LogP contribution is 2.28. The van der Waals surface area contributed by atoms with E-state index in [4.69, 9.17) is 9.72 Å². The molecule has 0 unspecified atom stereocenters. The monoisotopic (exact) mass is 361 g/mol. The summed E-state index contributed by atoms with van der Waals surface area (Å²) in [6, 6.07) is 13.4. The number of ether oxygens (including phenoxy) is 1. The zero-order valence-electron chi connectivity index (χ0n) is 15.6. The number of benzene rings is 1. The van der Waals surface area contributed by atoms with E-state index in [1.165, 1.54) is 11.6 Å². The summed E-state index contributed by atoms with van der Waals surface area (Å²) in [5.74, 6) is -0.467. The van der Waals surface area contributed by atoms with Crippen LogP contribution >= 0.6 is 0 Å². The second-order valence-corrected chi connectivity index (χ2v) is 6.35. The van der Waals surface area contributed by atoms with Crippen molar-refractivity contribution in [2.24, 2.45) is 7.05 Å². The fourth-order valence-electron chi connectivity index (χ4n) is 3.25. The molecule has 0 radical (unpaired) electrons. The van der Waals surface area contributed by atoms with E-state index in [0.29, 0.717) is 17.0 Å². The quantitative estimate of drug-likeness (QED) is 0.524. The molecule has 3 heterocycles. The fourth-order valence-corrected chi connectivity index (χ4v) is 3.25. The Balaban J connectivity index is 1.99. The lowest BCUT2D eigenvalue weighted by molar-refractivity contribution is 0.0590. The van der Waals surface area contributed by atoms with Gasteiger partial charge in [-0.3, -0.25) is 4.68 Å². The Morgan fingerprint density at radius 3 is 2.41 bits per heavy atom. The van der Waals surface area contributed by atoms with Crippen LogP contribution in [0.2, 0.25) is 0 Å². The van der Waals surface area contributed by atoms with Crippen LogP contribution in [0.4, 0.5) is 0 Å². The minimum absolute atomic E-state index is 0.322. The van der Waals surface area contributed by atoms with Gasteiger partial charge in [0.15, 0.2) is 11.3 Å². The van der Waals surface area contributed by atoms with Gasteiger partial charge in [-0.05, 0) is 19.9 Å². The van der Waals surface area contributed by atoms with Crippen molar-refractivity contribution in [1.29, 1.82) is 0 Å². The molecule has 0 N–H and O–H groups in total. The third-order valence-corrected chi connectivity index (χ3v) is 4.66. The van der Waals surface area contributed by atoms with Gasteiger partial charge in [0, 0.05) is 29.9 Å². The number of hydrogen-bond acceptors (Lipinski definition) is 5. The third-order valence-electron chi connectivity index (χ3n) is 4.66. The van der Waals surface area contributed by atoms with Gasteiger partial charge in [0.2, 0.25) is 0 Å². The molecule has 0 saturated carbocycles. The molecular weight excluding hydrogens is 342 g/mol. The van der Waals surface area contributed by atoms with Crippen molar-refractivity contribution in [3.63, 3.8) is 0 Å². The van der Waals surface area contributed by atoms with E-state index in [0.717, 1.165) is 28.2 Å². The van der Waals surface area contributed by atoms with Crippen molar-refractivity contribution in [3.8, 4) is 22.5 Å². The van der Waals surface area contributed by atoms with Crippen LogP contribution < -0.4 is 0 Å². The van der Waals surface area contributed by atoms with E-state index < -0.39 is 5.97 Å². The van der Waals surface area contributed by atoms with Gasteiger partial charge in [0.05, 0.1) is 24.2 Å². The van der Waals surface area contributed by atoms with E-state index in [1.807, 2.05) is 57.3 Å². The van der Waals surface area contributed by atoms with Crippen molar-refractivity contribution in [2.45, 2.75) is 13.8 Å². The van der Waals surface area contributed by atoms with Crippen molar-refractivity contribution >= 4 is 11.6 Å². The first-order chi connectivity index (χ1) is 13.0. The number of rotatable bonds is 3. The molecule has 0 aliphatic heterocycles. The molecule has 0 bridgehead atoms. The Morgan fingerprint density at radius 1 is 1.04 bits per heavy atom. The van der Waals surface area contributed by atoms with E-state index in [9.17, 15) is 4.79 Å². The highest BCUT2D eigenvalue weighted by atomic mass is 16.5. The van der Waals surface area contributed by atoms with E-state index in [-0.39, 0.29) is 0 Å². The number of aromatic nitrogens is 5. The summed E-state index contributed by atoms with van der Waals surface area (Å²) >= 11 is 0.